The summed E-state index contributed by atoms with van der Waals surface area (Å²) >= 11 is 1.65. The summed E-state index contributed by atoms with van der Waals surface area (Å²) in [6.07, 6.45) is 3.62. The second kappa shape index (κ2) is 7.47. The van der Waals surface area contributed by atoms with Gasteiger partial charge in [-0.2, -0.15) is 11.8 Å². The Morgan fingerprint density at radius 1 is 1.58 bits per heavy atom. The Bertz CT molecular complexity index is 399. The molecule has 0 aromatic carbocycles. The van der Waals surface area contributed by atoms with Crippen molar-refractivity contribution >= 4 is 27.8 Å². The van der Waals surface area contributed by atoms with Crippen LogP contribution in [0.2, 0.25) is 0 Å². The summed E-state index contributed by atoms with van der Waals surface area (Å²) in [5.41, 5.74) is 5.41. The molecule has 1 fully saturated rings. The number of sulfonamides is 1. The number of piperidine rings is 1. The van der Waals surface area contributed by atoms with E-state index in [0.717, 1.165) is 18.6 Å². The highest BCUT2D eigenvalue weighted by molar-refractivity contribution is 7.99. The Hall–Kier alpha value is -0.310. The standard InChI is InChI=1S/C11H22N2O4S2/c1-19(16,17)13-5-2-3-9(7-13)8-18-6-4-10(12)11(14)15/h9-10H,2-8,12H2,1H3,(H,14,15). The van der Waals surface area contributed by atoms with Crippen LogP contribution in [0.3, 0.4) is 0 Å². The second-order valence-corrected chi connectivity index (χ2v) is 8.07. The van der Waals surface area contributed by atoms with Crippen LogP contribution < -0.4 is 5.73 Å². The third-order valence-corrected chi connectivity index (χ3v) is 5.70. The highest BCUT2D eigenvalue weighted by Gasteiger charge is 2.25. The minimum atomic E-state index is -3.09. The first kappa shape index (κ1) is 16.7. The highest BCUT2D eigenvalue weighted by Crippen LogP contribution is 2.22. The maximum atomic E-state index is 11.5. The lowest BCUT2D eigenvalue weighted by Gasteiger charge is -2.30. The van der Waals surface area contributed by atoms with Gasteiger partial charge in [0.1, 0.15) is 6.04 Å². The summed E-state index contributed by atoms with van der Waals surface area (Å²) in [6, 6.07) is -0.800. The summed E-state index contributed by atoms with van der Waals surface area (Å²) in [5, 5.41) is 8.65. The van der Waals surface area contributed by atoms with Gasteiger partial charge >= 0.3 is 5.97 Å². The Morgan fingerprint density at radius 2 is 2.26 bits per heavy atom. The number of hydrogen-bond donors (Lipinski definition) is 2. The van der Waals surface area contributed by atoms with Crippen molar-refractivity contribution in [1.29, 1.82) is 0 Å². The van der Waals surface area contributed by atoms with Gasteiger partial charge in [0.2, 0.25) is 10.0 Å². The Labute approximate surface area is 118 Å². The highest BCUT2D eigenvalue weighted by atomic mass is 32.2. The Morgan fingerprint density at radius 3 is 2.84 bits per heavy atom. The molecule has 3 N–H and O–H groups in total. The molecule has 112 valence electrons. The Balaban J connectivity index is 2.25. The molecule has 0 aliphatic carbocycles. The van der Waals surface area contributed by atoms with Gasteiger partial charge in [0, 0.05) is 13.1 Å². The molecule has 0 saturated carbocycles. The molecule has 0 aromatic heterocycles. The van der Waals surface area contributed by atoms with Crippen LogP contribution in [0, 0.1) is 5.92 Å². The van der Waals surface area contributed by atoms with Gasteiger partial charge in [-0.1, -0.05) is 0 Å². The molecule has 2 unspecified atom stereocenters. The zero-order chi connectivity index (χ0) is 14.5. The van der Waals surface area contributed by atoms with Gasteiger partial charge in [-0.3, -0.25) is 4.79 Å². The maximum absolute atomic E-state index is 11.5. The molecule has 1 heterocycles. The first-order chi connectivity index (χ1) is 8.80. The molecule has 0 bridgehead atoms. The van der Waals surface area contributed by atoms with Gasteiger partial charge in [0.15, 0.2) is 0 Å². The Kier molecular flexibility index (Phi) is 6.58. The third-order valence-electron chi connectivity index (χ3n) is 3.19. The zero-order valence-corrected chi connectivity index (χ0v) is 12.8. The van der Waals surface area contributed by atoms with Crippen molar-refractivity contribution in [1.82, 2.24) is 4.31 Å². The number of carboxylic acid groups (broad SMARTS) is 1. The van der Waals surface area contributed by atoms with Crippen molar-refractivity contribution < 1.29 is 18.3 Å². The van der Waals surface area contributed by atoms with E-state index < -0.39 is 22.0 Å². The molecule has 1 aliphatic rings. The molecule has 0 spiro atoms. The molecule has 6 nitrogen and oxygen atoms in total. The van der Waals surface area contributed by atoms with Crippen molar-refractivity contribution in [2.45, 2.75) is 25.3 Å². The van der Waals surface area contributed by atoms with Crippen molar-refractivity contribution in [3.05, 3.63) is 0 Å². The van der Waals surface area contributed by atoms with E-state index in [1.165, 1.54) is 10.6 Å². The maximum Gasteiger partial charge on any atom is 0.320 e. The molecule has 1 rings (SSSR count). The van der Waals surface area contributed by atoms with Gasteiger partial charge in [-0.15, -0.1) is 0 Å². The fourth-order valence-electron chi connectivity index (χ4n) is 2.05. The predicted octanol–water partition coefficient (Wildman–Crippen LogP) is 0.193. The van der Waals surface area contributed by atoms with Gasteiger partial charge in [-0.05, 0) is 36.7 Å². The number of nitrogens with zero attached hydrogens (tertiary/aromatic N) is 1. The third kappa shape index (κ3) is 6.11. The van der Waals surface area contributed by atoms with Gasteiger partial charge in [-0.25, -0.2) is 12.7 Å². The van der Waals surface area contributed by atoms with E-state index >= 15 is 0 Å². The van der Waals surface area contributed by atoms with Crippen LogP contribution in [0.15, 0.2) is 0 Å². The summed E-state index contributed by atoms with van der Waals surface area (Å²) in [5.74, 6) is 0.942. The molecule has 1 saturated heterocycles. The number of carboxylic acids is 1. The van der Waals surface area contributed by atoms with E-state index in [1.54, 1.807) is 11.8 Å². The fourth-order valence-corrected chi connectivity index (χ4v) is 4.18. The lowest BCUT2D eigenvalue weighted by Crippen LogP contribution is -2.40. The first-order valence-electron chi connectivity index (χ1n) is 6.32. The number of aliphatic carboxylic acids is 1. The molecular weight excluding hydrogens is 288 g/mol. The average molecular weight is 310 g/mol. The van der Waals surface area contributed by atoms with Gasteiger partial charge in [0.25, 0.3) is 0 Å². The van der Waals surface area contributed by atoms with Gasteiger partial charge in [0.05, 0.1) is 6.26 Å². The molecule has 0 radical (unpaired) electrons. The van der Waals surface area contributed by atoms with Crippen molar-refractivity contribution in [2.24, 2.45) is 11.7 Å². The van der Waals surface area contributed by atoms with Crippen molar-refractivity contribution in [3.63, 3.8) is 0 Å². The minimum absolute atomic E-state index is 0.356. The van der Waals surface area contributed by atoms with Gasteiger partial charge < -0.3 is 10.8 Å². The average Bonchev–Trinajstić information content (AvgIpc) is 2.33. The number of rotatable bonds is 7. The van der Waals surface area contributed by atoms with E-state index in [4.69, 9.17) is 10.8 Å². The smallest absolute Gasteiger partial charge is 0.320 e. The summed E-state index contributed by atoms with van der Waals surface area (Å²) in [6.45, 7) is 1.20. The lowest BCUT2D eigenvalue weighted by atomic mass is 10.0. The SMILES string of the molecule is CS(=O)(=O)N1CCCC(CSCCC(N)C(=O)O)C1. The van der Waals surface area contributed by atoms with E-state index in [-0.39, 0.29) is 0 Å². The molecule has 0 amide bonds. The summed E-state index contributed by atoms with van der Waals surface area (Å²) < 4.78 is 24.5. The van der Waals surface area contributed by atoms with Crippen molar-refractivity contribution in [2.75, 3.05) is 30.9 Å². The van der Waals surface area contributed by atoms with E-state index in [2.05, 4.69) is 0 Å². The molecule has 8 heteroatoms. The predicted molar refractivity (Wildman–Crippen MR) is 76.7 cm³/mol. The normalized spacial score (nSPS) is 23.2. The molecule has 1 aliphatic heterocycles. The number of carbonyl (C=O) groups is 1. The van der Waals surface area contributed by atoms with Crippen LogP contribution in [-0.4, -0.2) is 60.7 Å². The summed E-state index contributed by atoms with van der Waals surface area (Å²) in [7, 11) is -3.09. The molecule has 19 heavy (non-hydrogen) atoms. The fraction of sp³-hybridized carbons (Fsp3) is 0.909. The molecule has 2 atom stereocenters. The van der Waals surface area contributed by atoms with Crippen LogP contribution in [0.4, 0.5) is 0 Å². The number of nitrogens with two attached hydrogens (primary N) is 1. The van der Waals surface area contributed by atoms with E-state index in [9.17, 15) is 13.2 Å². The van der Waals surface area contributed by atoms with Crippen LogP contribution in [-0.2, 0) is 14.8 Å². The largest absolute Gasteiger partial charge is 0.480 e. The molecule has 0 aromatic rings. The first-order valence-corrected chi connectivity index (χ1v) is 9.32. The quantitative estimate of drug-likeness (QED) is 0.651. The van der Waals surface area contributed by atoms with Crippen LogP contribution in [0.25, 0.3) is 0 Å². The van der Waals surface area contributed by atoms with Crippen LogP contribution in [0.5, 0.6) is 0 Å². The zero-order valence-electron chi connectivity index (χ0n) is 11.1. The number of hydrogen-bond acceptors (Lipinski definition) is 5. The van der Waals surface area contributed by atoms with Crippen molar-refractivity contribution in [3.8, 4) is 0 Å². The lowest BCUT2D eigenvalue weighted by molar-refractivity contribution is -0.138. The molecular formula is C11H22N2O4S2. The van der Waals surface area contributed by atoms with Crippen LogP contribution in [0.1, 0.15) is 19.3 Å². The van der Waals surface area contributed by atoms with Crippen LogP contribution >= 0.6 is 11.8 Å². The number of thioether (sulfide) groups is 1. The van der Waals surface area contributed by atoms with E-state index in [1.807, 2.05) is 0 Å². The second-order valence-electron chi connectivity index (χ2n) is 4.94. The topological polar surface area (TPSA) is 101 Å². The van der Waals surface area contributed by atoms with E-state index in [0.29, 0.717) is 31.2 Å². The monoisotopic (exact) mass is 310 g/mol. The minimum Gasteiger partial charge on any atom is -0.480 e. The summed E-state index contributed by atoms with van der Waals surface area (Å²) in [4.78, 5) is 10.5.